The van der Waals surface area contributed by atoms with Crippen LogP contribution in [0.15, 0.2) is 53.3 Å². The van der Waals surface area contributed by atoms with E-state index in [1.807, 2.05) is 47.9 Å². The van der Waals surface area contributed by atoms with Crippen molar-refractivity contribution in [2.75, 3.05) is 39.3 Å². The first kappa shape index (κ1) is 22.0. The van der Waals surface area contributed by atoms with Crippen LogP contribution in [0.1, 0.15) is 19.4 Å². The Bertz CT molecular complexity index is 1140. The van der Waals surface area contributed by atoms with E-state index in [2.05, 4.69) is 36.1 Å². The maximum atomic E-state index is 13.2. The van der Waals surface area contributed by atoms with Gasteiger partial charge in [0.25, 0.3) is 5.56 Å². The van der Waals surface area contributed by atoms with E-state index in [9.17, 15) is 9.59 Å². The third kappa shape index (κ3) is 4.39. The van der Waals surface area contributed by atoms with Crippen LogP contribution >= 0.6 is 0 Å². The van der Waals surface area contributed by atoms with E-state index in [0.29, 0.717) is 51.3 Å². The zero-order chi connectivity index (χ0) is 22.7. The molecular weight excluding hydrogens is 402 g/mol. The first-order valence-corrected chi connectivity index (χ1v) is 11.3. The van der Waals surface area contributed by atoms with Crippen molar-refractivity contribution in [2.45, 2.75) is 27.4 Å². The van der Waals surface area contributed by atoms with Gasteiger partial charge >= 0.3 is 6.03 Å². The Kier molecular flexibility index (Phi) is 6.55. The molecule has 1 aliphatic rings. The van der Waals surface area contributed by atoms with E-state index in [1.54, 1.807) is 4.68 Å². The van der Waals surface area contributed by atoms with Crippen LogP contribution in [0.3, 0.4) is 0 Å². The first-order valence-electron chi connectivity index (χ1n) is 11.3. The molecule has 1 fully saturated rings. The Labute approximate surface area is 188 Å². The zero-order valence-corrected chi connectivity index (χ0v) is 19.1. The Morgan fingerprint density at radius 1 is 0.938 bits per heavy atom. The molecule has 0 N–H and O–H groups in total. The van der Waals surface area contributed by atoms with Crippen LogP contribution < -0.4 is 5.56 Å². The summed E-state index contributed by atoms with van der Waals surface area (Å²) in [7, 11) is 0. The van der Waals surface area contributed by atoms with Gasteiger partial charge in [0.2, 0.25) is 0 Å². The molecule has 0 saturated carbocycles. The molecule has 0 radical (unpaired) electrons. The summed E-state index contributed by atoms with van der Waals surface area (Å²) in [5.41, 5.74) is 2.91. The van der Waals surface area contributed by atoms with Gasteiger partial charge in [-0.1, -0.05) is 48.0 Å². The van der Waals surface area contributed by atoms with Gasteiger partial charge in [-0.3, -0.25) is 9.69 Å². The Morgan fingerprint density at radius 2 is 1.56 bits per heavy atom. The molecule has 7 heteroatoms. The number of hydrogen-bond acceptors (Lipinski definition) is 4. The van der Waals surface area contributed by atoms with Crippen LogP contribution in [-0.4, -0.2) is 69.8 Å². The summed E-state index contributed by atoms with van der Waals surface area (Å²) in [6, 6.07) is 16.0. The predicted molar refractivity (Wildman–Crippen MR) is 128 cm³/mol. The minimum Gasteiger partial charge on any atom is -0.325 e. The number of urea groups is 1. The predicted octanol–water partition coefficient (Wildman–Crippen LogP) is 3.41. The molecule has 1 aliphatic heterocycles. The summed E-state index contributed by atoms with van der Waals surface area (Å²) in [5, 5.41) is 6.32. The fourth-order valence-corrected chi connectivity index (χ4v) is 4.22. The molecule has 7 nitrogen and oxygen atoms in total. The van der Waals surface area contributed by atoms with E-state index in [1.165, 1.54) is 5.56 Å². The highest BCUT2D eigenvalue weighted by Gasteiger charge is 2.24. The van der Waals surface area contributed by atoms with Crippen LogP contribution in [0.5, 0.6) is 0 Å². The molecule has 168 valence electrons. The number of fused-ring (bicyclic) bond motifs is 1. The third-order valence-corrected chi connectivity index (χ3v) is 6.20. The molecule has 0 bridgehead atoms. The first-order chi connectivity index (χ1) is 15.5. The van der Waals surface area contributed by atoms with Gasteiger partial charge in [-0.15, -0.1) is 0 Å². The van der Waals surface area contributed by atoms with Gasteiger partial charge in [0.1, 0.15) is 0 Å². The van der Waals surface area contributed by atoms with Crippen molar-refractivity contribution < 1.29 is 4.79 Å². The lowest BCUT2D eigenvalue weighted by Crippen LogP contribution is -2.53. The zero-order valence-electron chi connectivity index (χ0n) is 19.1. The normalized spacial score (nSPS) is 14.7. The van der Waals surface area contributed by atoms with E-state index in [-0.39, 0.29) is 11.6 Å². The molecule has 2 amide bonds. The van der Waals surface area contributed by atoms with Crippen molar-refractivity contribution in [1.29, 1.82) is 0 Å². The number of rotatable bonds is 5. The van der Waals surface area contributed by atoms with E-state index in [4.69, 9.17) is 5.10 Å². The molecule has 1 aromatic heterocycles. The molecule has 4 rings (SSSR count). The number of hydrogen-bond donors (Lipinski definition) is 0. The number of nitrogens with zero attached hydrogens (tertiary/aromatic N) is 5. The van der Waals surface area contributed by atoms with E-state index in [0.717, 1.165) is 16.6 Å². The van der Waals surface area contributed by atoms with Crippen molar-refractivity contribution in [1.82, 2.24) is 24.5 Å². The number of carbonyl (C=O) groups is 1. The molecule has 2 aromatic carbocycles. The van der Waals surface area contributed by atoms with Gasteiger partial charge in [0, 0.05) is 50.2 Å². The Balaban J connectivity index is 1.58. The van der Waals surface area contributed by atoms with Crippen molar-refractivity contribution in [3.63, 3.8) is 0 Å². The molecule has 3 aromatic rings. The summed E-state index contributed by atoms with van der Waals surface area (Å²) in [6.07, 6.45) is 0. The number of piperazine rings is 1. The van der Waals surface area contributed by atoms with Crippen LogP contribution in [0.4, 0.5) is 4.79 Å². The highest BCUT2D eigenvalue weighted by atomic mass is 16.2. The number of aryl methyl sites for hydroxylation is 1. The van der Waals surface area contributed by atoms with Gasteiger partial charge < -0.3 is 9.80 Å². The van der Waals surface area contributed by atoms with E-state index < -0.39 is 0 Å². The van der Waals surface area contributed by atoms with Crippen molar-refractivity contribution in [3.05, 3.63) is 64.4 Å². The minimum absolute atomic E-state index is 0.0851. The number of aromatic nitrogens is 2. The standard InChI is InChI=1S/C25H31N5O2/c1-4-28(5-2)25(32)29-16-14-27(15-17-29)18-30-24(31)22-9-7-6-8-21(22)23(26-30)20-12-10-19(3)11-13-20/h6-13H,4-5,14-18H2,1-3H3. The lowest BCUT2D eigenvalue weighted by atomic mass is 10.0. The molecule has 32 heavy (non-hydrogen) atoms. The van der Waals surface area contributed by atoms with Crippen LogP contribution in [-0.2, 0) is 6.67 Å². The number of benzene rings is 2. The summed E-state index contributed by atoms with van der Waals surface area (Å²) in [4.78, 5) is 31.7. The summed E-state index contributed by atoms with van der Waals surface area (Å²) in [5.74, 6) is 0. The highest BCUT2D eigenvalue weighted by Crippen LogP contribution is 2.25. The van der Waals surface area contributed by atoms with E-state index >= 15 is 0 Å². The molecule has 0 unspecified atom stereocenters. The molecule has 1 saturated heterocycles. The maximum absolute atomic E-state index is 13.2. The molecular formula is C25H31N5O2. The fourth-order valence-electron chi connectivity index (χ4n) is 4.22. The topological polar surface area (TPSA) is 61.7 Å². The molecule has 0 atom stereocenters. The SMILES string of the molecule is CCN(CC)C(=O)N1CCN(Cn2nc(-c3ccc(C)cc3)c3ccccc3c2=O)CC1. The largest absolute Gasteiger partial charge is 0.325 e. The number of amides is 2. The summed E-state index contributed by atoms with van der Waals surface area (Å²) in [6.45, 7) is 10.6. The number of carbonyl (C=O) groups excluding carboxylic acids is 1. The second-order valence-corrected chi connectivity index (χ2v) is 8.27. The van der Waals surface area contributed by atoms with Crippen molar-refractivity contribution in [2.24, 2.45) is 0 Å². The molecule has 0 spiro atoms. The van der Waals surface area contributed by atoms with Crippen LogP contribution in [0, 0.1) is 6.92 Å². The lowest BCUT2D eigenvalue weighted by molar-refractivity contribution is 0.0964. The van der Waals surface area contributed by atoms with Crippen LogP contribution in [0.25, 0.3) is 22.0 Å². The average Bonchev–Trinajstić information content (AvgIpc) is 2.83. The second-order valence-electron chi connectivity index (χ2n) is 8.27. The Morgan fingerprint density at radius 3 is 2.19 bits per heavy atom. The van der Waals surface area contributed by atoms with Gasteiger partial charge in [-0.25, -0.2) is 9.48 Å². The van der Waals surface area contributed by atoms with Gasteiger partial charge in [-0.05, 0) is 26.8 Å². The van der Waals surface area contributed by atoms with Crippen molar-refractivity contribution in [3.8, 4) is 11.3 Å². The van der Waals surface area contributed by atoms with Gasteiger partial charge in [-0.2, -0.15) is 5.10 Å². The van der Waals surface area contributed by atoms with Crippen molar-refractivity contribution >= 4 is 16.8 Å². The smallest absolute Gasteiger partial charge is 0.320 e. The van der Waals surface area contributed by atoms with Gasteiger partial charge in [0.15, 0.2) is 0 Å². The monoisotopic (exact) mass is 433 g/mol. The molecule has 2 heterocycles. The summed E-state index contributed by atoms with van der Waals surface area (Å²) < 4.78 is 1.57. The Hall–Kier alpha value is -3.19. The third-order valence-electron chi connectivity index (χ3n) is 6.20. The van der Waals surface area contributed by atoms with Gasteiger partial charge in [0.05, 0.1) is 17.7 Å². The average molecular weight is 434 g/mol. The summed E-state index contributed by atoms with van der Waals surface area (Å²) >= 11 is 0. The fraction of sp³-hybridized carbons (Fsp3) is 0.400. The maximum Gasteiger partial charge on any atom is 0.320 e. The lowest BCUT2D eigenvalue weighted by Gasteiger charge is -2.37. The molecule has 0 aliphatic carbocycles. The quantitative estimate of drug-likeness (QED) is 0.619. The van der Waals surface area contributed by atoms with Crippen LogP contribution in [0.2, 0.25) is 0 Å². The highest BCUT2D eigenvalue weighted by molar-refractivity contribution is 5.93. The second kappa shape index (κ2) is 9.53. The minimum atomic E-state index is -0.0851.